The Balaban J connectivity index is 1.96. The molecule has 2 aromatic rings. The van der Waals surface area contributed by atoms with Crippen molar-refractivity contribution in [2.75, 3.05) is 11.9 Å². The normalized spacial score (nSPS) is 10.3. The minimum atomic E-state index is -1.02. The van der Waals surface area contributed by atoms with Crippen molar-refractivity contribution in [1.29, 1.82) is 0 Å². The molecule has 0 saturated heterocycles. The summed E-state index contributed by atoms with van der Waals surface area (Å²) in [6.07, 6.45) is 2.08. The summed E-state index contributed by atoms with van der Waals surface area (Å²) in [5, 5.41) is 22.4. The predicted octanol–water partition coefficient (Wildman–Crippen LogP) is 1.59. The molecule has 2 N–H and O–H groups in total. The fourth-order valence-electron chi connectivity index (χ4n) is 1.47. The zero-order chi connectivity index (χ0) is 13.0. The number of hydrogen-bond acceptors (Lipinski definition) is 6. The standard InChI is InChI=1S/C11H12N4O2S/c1-7-14-8(6-18-7)2-4-12-10-9(11(16)17)3-5-13-15-10/h3,5-6H,2,4H2,1H3,(H,12,15)(H,16,17). The smallest absolute Gasteiger partial charge is 0.339 e. The lowest BCUT2D eigenvalue weighted by Crippen LogP contribution is -2.12. The molecule has 6 nitrogen and oxygen atoms in total. The number of nitrogens with zero attached hydrogens (tertiary/aromatic N) is 3. The fraction of sp³-hybridized carbons (Fsp3) is 0.273. The molecule has 94 valence electrons. The van der Waals surface area contributed by atoms with Crippen LogP contribution in [0.5, 0.6) is 0 Å². The van der Waals surface area contributed by atoms with Gasteiger partial charge in [0.25, 0.3) is 0 Å². The Hall–Kier alpha value is -2.02. The number of carboxylic acids is 1. The second-order valence-corrected chi connectivity index (χ2v) is 4.70. The Morgan fingerprint density at radius 2 is 2.39 bits per heavy atom. The van der Waals surface area contributed by atoms with Gasteiger partial charge in [-0.2, -0.15) is 5.10 Å². The quantitative estimate of drug-likeness (QED) is 0.852. The summed E-state index contributed by atoms with van der Waals surface area (Å²) in [6, 6.07) is 1.42. The molecule has 0 atom stereocenters. The molecule has 0 aromatic carbocycles. The van der Waals surface area contributed by atoms with Crippen LogP contribution < -0.4 is 5.32 Å². The number of aromatic carboxylic acids is 1. The average Bonchev–Trinajstić information content (AvgIpc) is 2.75. The average molecular weight is 264 g/mol. The third-order valence-corrected chi connectivity index (χ3v) is 3.11. The second-order valence-electron chi connectivity index (χ2n) is 3.63. The molecule has 0 amide bonds. The van der Waals surface area contributed by atoms with E-state index in [-0.39, 0.29) is 11.4 Å². The molecule has 0 saturated carbocycles. The molecule has 18 heavy (non-hydrogen) atoms. The van der Waals surface area contributed by atoms with Crippen LogP contribution in [0, 0.1) is 6.92 Å². The minimum Gasteiger partial charge on any atom is -0.478 e. The van der Waals surface area contributed by atoms with E-state index < -0.39 is 5.97 Å². The van der Waals surface area contributed by atoms with Crippen LogP contribution >= 0.6 is 11.3 Å². The van der Waals surface area contributed by atoms with Crippen LogP contribution in [-0.2, 0) is 6.42 Å². The van der Waals surface area contributed by atoms with Crippen LogP contribution in [0.3, 0.4) is 0 Å². The number of carbonyl (C=O) groups is 1. The number of carboxylic acid groups (broad SMARTS) is 1. The number of aryl methyl sites for hydroxylation is 1. The molecular weight excluding hydrogens is 252 g/mol. The zero-order valence-electron chi connectivity index (χ0n) is 9.75. The highest BCUT2D eigenvalue weighted by Crippen LogP contribution is 2.11. The van der Waals surface area contributed by atoms with Gasteiger partial charge in [-0.1, -0.05) is 0 Å². The van der Waals surface area contributed by atoms with Crippen molar-refractivity contribution in [2.45, 2.75) is 13.3 Å². The van der Waals surface area contributed by atoms with Gasteiger partial charge in [-0.05, 0) is 13.0 Å². The molecule has 0 fully saturated rings. The van der Waals surface area contributed by atoms with Crippen molar-refractivity contribution >= 4 is 23.1 Å². The molecule has 7 heteroatoms. The molecule has 2 rings (SSSR count). The first-order chi connectivity index (χ1) is 8.66. The van der Waals surface area contributed by atoms with Crippen molar-refractivity contribution in [3.8, 4) is 0 Å². The monoisotopic (exact) mass is 264 g/mol. The second kappa shape index (κ2) is 5.54. The van der Waals surface area contributed by atoms with Crippen molar-refractivity contribution < 1.29 is 9.90 Å². The number of rotatable bonds is 5. The molecule has 0 radical (unpaired) electrons. The molecule has 0 aliphatic rings. The molecular formula is C11H12N4O2S. The number of anilines is 1. The van der Waals surface area contributed by atoms with Crippen LogP contribution in [0.15, 0.2) is 17.6 Å². The van der Waals surface area contributed by atoms with Gasteiger partial charge in [-0.15, -0.1) is 16.4 Å². The first-order valence-electron chi connectivity index (χ1n) is 5.36. The van der Waals surface area contributed by atoms with Crippen LogP contribution in [0.1, 0.15) is 21.1 Å². The Kier molecular flexibility index (Phi) is 3.83. The van der Waals surface area contributed by atoms with Gasteiger partial charge in [-0.3, -0.25) is 0 Å². The van der Waals surface area contributed by atoms with Crippen molar-refractivity contribution in [1.82, 2.24) is 15.2 Å². The summed E-state index contributed by atoms with van der Waals surface area (Å²) in [5.41, 5.74) is 1.12. The maximum atomic E-state index is 10.9. The van der Waals surface area contributed by atoms with E-state index in [4.69, 9.17) is 5.11 Å². The van der Waals surface area contributed by atoms with E-state index in [2.05, 4.69) is 20.5 Å². The zero-order valence-corrected chi connectivity index (χ0v) is 10.6. The fourth-order valence-corrected chi connectivity index (χ4v) is 2.11. The molecule has 0 bridgehead atoms. The Bertz CT molecular complexity index is 555. The number of aromatic nitrogens is 3. The van der Waals surface area contributed by atoms with E-state index >= 15 is 0 Å². The third-order valence-electron chi connectivity index (χ3n) is 2.29. The van der Waals surface area contributed by atoms with Crippen LogP contribution in [0.25, 0.3) is 0 Å². The first kappa shape index (κ1) is 12.4. The van der Waals surface area contributed by atoms with Gasteiger partial charge in [0.15, 0.2) is 5.82 Å². The summed E-state index contributed by atoms with van der Waals surface area (Å²) in [7, 11) is 0. The van der Waals surface area contributed by atoms with Gasteiger partial charge in [0.2, 0.25) is 0 Å². The first-order valence-corrected chi connectivity index (χ1v) is 6.24. The maximum absolute atomic E-state index is 10.9. The molecule has 0 aliphatic heterocycles. The van der Waals surface area contributed by atoms with Gasteiger partial charge < -0.3 is 10.4 Å². The third kappa shape index (κ3) is 3.01. The summed E-state index contributed by atoms with van der Waals surface area (Å²) >= 11 is 1.60. The molecule has 0 aliphatic carbocycles. The van der Waals surface area contributed by atoms with E-state index in [1.54, 1.807) is 11.3 Å². The van der Waals surface area contributed by atoms with Crippen molar-refractivity contribution in [2.24, 2.45) is 0 Å². The summed E-state index contributed by atoms with van der Waals surface area (Å²) in [6.45, 7) is 2.52. The van der Waals surface area contributed by atoms with Crippen molar-refractivity contribution in [3.63, 3.8) is 0 Å². The van der Waals surface area contributed by atoms with Gasteiger partial charge in [0.1, 0.15) is 5.56 Å². The lowest BCUT2D eigenvalue weighted by Gasteiger charge is -2.05. The van der Waals surface area contributed by atoms with Gasteiger partial charge in [-0.25, -0.2) is 9.78 Å². The Labute approximate surface area is 108 Å². The van der Waals surface area contributed by atoms with E-state index in [0.29, 0.717) is 6.54 Å². The van der Waals surface area contributed by atoms with Crippen molar-refractivity contribution in [3.05, 3.63) is 33.9 Å². The summed E-state index contributed by atoms with van der Waals surface area (Å²) in [5.74, 6) is -0.728. The predicted molar refractivity (Wildman–Crippen MR) is 68.0 cm³/mol. The minimum absolute atomic E-state index is 0.124. The van der Waals surface area contributed by atoms with Crippen LogP contribution in [0.4, 0.5) is 5.82 Å². The van der Waals surface area contributed by atoms with Gasteiger partial charge >= 0.3 is 5.97 Å². The Morgan fingerprint density at radius 3 is 3.06 bits per heavy atom. The number of nitrogens with one attached hydrogen (secondary N) is 1. The summed E-state index contributed by atoms with van der Waals surface area (Å²) in [4.78, 5) is 15.3. The number of thiazole rings is 1. The largest absolute Gasteiger partial charge is 0.478 e. The lowest BCUT2D eigenvalue weighted by atomic mass is 10.2. The van der Waals surface area contributed by atoms with Gasteiger partial charge in [0, 0.05) is 18.3 Å². The van der Waals surface area contributed by atoms with E-state index in [1.165, 1.54) is 12.3 Å². The maximum Gasteiger partial charge on any atom is 0.339 e. The van der Waals surface area contributed by atoms with E-state index in [1.807, 2.05) is 12.3 Å². The SMILES string of the molecule is Cc1nc(CCNc2nnccc2C(=O)O)cs1. The van der Waals surface area contributed by atoms with Gasteiger partial charge in [0.05, 0.1) is 16.9 Å². The molecule has 2 heterocycles. The highest BCUT2D eigenvalue weighted by molar-refractivity contribution is 7.09. The number of hydrogen-bond donors (Lipinski definition) is 2. The topological polar surface area (TPSA) is 88.0 Å². The summed E-state index contributed by atoms with van der Waals surface area (Å²) < 4.78 is 0. The molecule has 0 spiro atoms. The Morgan fingerprint density at radius 1 is 1.56 bits per heavy atom. The lowest BCUT2D eigenvalue weighted by molar-refractivity contribution is 0.0697. The highest BCUT2D eigenvalue weighted by atomic mass is 32.1. The van der Waals surface area contributed by atoms with E-state index in [0.717, 1.165) is 17.1 Å². The van der Waals surface area contributed by atoms with E-state index in [9.17, 15) is 4.79 Å². The molecule has 2 aromatic heterocycles. The van der Waals surface area contributed by atoms with Crippen LogP contribution in [-0.4, -0.2) is 32.8 Å². The van der Waals surface area contributed by atoms with Crippen LogP contribution in [0.2, 0.25) is 0 Å². The highest BCUT2D eigenvalue weighted by Gasteiger charge is 2.10. The molecule has 0 unspecified atom stereocenters.